The molecular formula is C24H22ClN5O3S2. The van der Waals surface area contributed by atoms with Crippen molar-refractivity contribution in [2.75, 3.05) is 5.75 Å². The summed E-state index contributed by atoms with van der Waals surface area (Å²) in [5, 5.41) is 1.14. The van der Waals surface area contributed by atoms with Gasteiger partial charge >= 0.3 is 5.69 Å². The van der Waals surface area contributed by atoms with E-state index >= 15 is 0 Å². The number of thioether (sulfide) groups is 2. The van der Waals surface area contributed by atoms with Crippen molar-refractivity contribution < 1.29 is 4.42 Å². The van der Waals surface area contributed by atoms with Crippen LogP contribution in [0, 0.1) is 0 Å². The molecule has 0 spiro atoms. The third-order valence-corrected chi connectivity index (χ3v) is 7.46. The van der Waals surface area contributed by atoms with E-state index in [4.69, 9.17) is 21.0 Å². The van der Waals surface area contributed by atoms with Crippen molar-refractivity contribution >= 4 is 57.4 Å². The third kappa shape index (κ3) is 4.78. The summed E-state index contributed by atoms with van der Waals surface area (Å²) < 4.78 is 9.21. The Balaban J connectivity index is 1.49. The maximum absolute atomic E-state index is 12.7. The number of fused-ring (bicyclic) bond motifs is 2. The van der Waals surface area contributed by atoms with Gasteiger partial charge in [0, 0.05) is 16.5 Å². The molecule has 0 radical (unpaired) electrons. The zero-order chi connectivity index (χ0) is 24.5. The molecule has 0 bridgehead atoms. The number of nitrogens with one attached hydrogen (secondary N) is 1. The number of hydrogen-bond donors (Lipinski definition) is 1. The van der Waals surface area contributed by atoms with Crippen LogP contribution in [0.2, 0.25) is 5.02 Å². The monoisotopic (exact) mass is 527 g/mol. The zero-order valence-corrected chi connectivity index (χ0v) is 21.5. The molecule has 0 aliphatic rings. The van der Waals surface area contributed by atoms with Gasteiger partial charge in [-0.2, -0.15) is 0 Å². The summed E-state index contributed by atoms with van der Waals surface area (Å²) in [6.07, 6.45) is 0. The smallest absolute Gasteiger partial charge is 0.330 e. The number of oxazole rings is 1. The Labute approximate surface area is 213 Å². The van der Waals surface area contributed by atoms with Crippen LogP contribution in [0.4, 0.5) is 0 Å². The number of H-pyrrole nitrogens is 1. The molecule has 35 heavy (non-hydrogen) atoms. The molecule has 0 amide bonds. The third-order valence-electron chi connectivity index (χ3n) is 5.51. The summed E-state index contributed by atoms with van der Waals surface area (Å²) in [7, 11) is 0. The van der Waals surface area contributed by atoms with E-state index in [0.29, 0.717) is 39.5 Å². The Kier molecular flexibility index (Phi) is 6.77. The van der Waals surface area contributed by atoms with Crippen molar-refractivity contribution in [2.24, 2.45) is 0 Å². The van der Waals surface area contributed by atoms with Crippen molar-refractivity contribution in [3.8, 4) is 0 Å². The normalized spacial score (nSPS) is 11.6. The van der Waals surface area contributed by atoms with E-state index in [-0.39, 0.29) is 6.54 Å². The van der Waals surface area contributed by atoms with Crippen LogP contribution < -0.4 is 11.2 Å². The van der Waals surface area contributed by atoms with Crippen LogP contribution in [-0.2, 0) is 18.8 Å². The fourth-order valence-corrected chi connectivity index (χ4v) is 5.52. The minimum absolute atomic E-state index is 0.264. The minimum Gasteiger partial charge on any atom is -0.431 e. The van der Waals surface area contributed by atoms with E-state index in [2.05, 4.69) is 16.9 Å². The maximum Gasteiger partial charge on any atom is 0.330 e. The molecule has 5 aromatic rings. The molecule has 0 unspecified atom stereocenters. The van der Waals surface area contributed by atoms with Gasteiger partial charge < -0.3 is 8.98 Å². The molecule has 180 valence electrons. The van der Waals surface area contributed by atoms with Crippen LogP contribution in [0.5, 0.6) is 0 Å². The highest BCUT2D eigenvalue weighted by Gasteiger charge is 2.19. The number of aromatic amines is 1. The lowest BCUT2D eigenvalue weighted by Gasteiger charge is -2.07. The van der Waals surface area contributed by atoms with E-state index in [9.17, 15) is 9.59 Å². The van der Waals surface area contributed by atoms with Crippen LogP contribution in [0.15, 0.2) is 66.6 Å². The number of benzene rings is 2. The van der Waals surface area contributed by atoms with Gasteiger partial charge in [0.15, 0.2) is 16.7 Å². The average molecular weight is 528 g/mol. The van der Waals surface area contributed by atoms with E-state index in [1.165, 1.54) is 16.3 Å². The number of hydrogen-bond acceptors (Lipinski definition) is 7. The van der Waals surface area contributed by atoms with E-state index in [1.54, 1.807) is 23.9 Å². The molecule has 2 aromatic carbocycles. The van der Waals surface area contributed by atoms with Gasteiger partial charge in [0.25, 0.3) is 10.8 Å². The van der Waals surface area contributed by atoms with Crippen LogP contribution in [0.1, 0.15) is 25.2 Å². The standard InChI is InChI=1S/C24H22ClN5O3S2/c1-3-29-19(13-35-24-26-17-11-16(34-4-2)9-10-18(17)33-24)27-21-20(29)22(31)28-23(32)30(21)12-14-5-7-15(25)8-6-14/h5-11H,3-4,12-13H2,1-2H3,(H,28,31,32). The lowest BCUT2D eigenvalue weighted by atomic mass is 10.2. The van der Waals surface area contributed by atoms with Crippen LogP contribution in [-0.4, -0.2) is 29.8 Å². The number of nitrogens with zero attached hydrogens (tertiary/aromatic N) is 4. The quantitative estimate of drug-likeness (QED) is 0.278. The molecular weight excluding hydrogens is 506 g/mol. The van der Waals surface area contributed by atoms with E-state index < -0.39 is 11.2 Å². The second-order valence-electron chi connectivity index (χ2n) is 7.75. The lowest BCUT2D eigenvalue weighted by Crippen LogP contribution is -2.31. The minimum atomic E-state index is -0.503. The fraction of sp³-hybridized carbons (Fsp3) is 0.250. The lowest BCUT2D eigenvalue weighted by molar-refractivity contribution is 0.489. The van der Waals surface area contributed by atoms with E-state index in [1.807, 2.05) is 41.8 Å². The SMILES string of the molecule is CCSc1ccc2oc(SCc3nc4c(c(=O)[nH]c(=O)n4Cc4ccc(Cl)cc4)n3CC)nc2c1. The predicted molar refractivity (Wildman–Crippen MR) is 141 cm³/mol. The number of halogens is 1. The molecule has 0 atom stereocenters. The predicted octanol–water partition coefficient (Wildman–Crippen LogP) is 5.15. The average Bonchev–Trinajstić information content (AvgIpc) is 3.42. The van der Waals surface area contributed by atoms with Crippen LogP contribution in [0.25, 0.3) is 22.3 Å². The zero-order valence-electron chi connectivity index (χ0n) is 19.1. The number of rotatable bonds is 8. The number of aromatic nitrogens is 5. The Morgan fingerprint density at radius 1 is 1.03 bits per heavy atom. The Hall–Kier alpha value is -2.95. The van der Waals surface area contributed by atoms with Gasteiger partial charge in [0.05, 0.1) is 12.3 Å². The van der Waals surface area contributed by atoms with Gasteiger partial charge in [-0.15, -0.1) is 11.8 Å². The van der Waals surface area contributed by atoms with E-state index in [0.717, 1.165) is 27.3 Å². The van der Waals surface area contributed by atoms with Gasteiger partial charge in [-0.1, -0.05) is 42.4 Å². The Morgan fingerprint density at radius 2 is 1.83 bits per heavy atom. The Morgan fingerprint density at radius 3 is 2.57 bits per heavy atom. The molecule has 0 aliphatic carbocycles. The highest BCUT2D eigenvalue weighted by molar-refractivity contribution is 7.99. The summed E-state index contributed by atoms with van der Waals surface area (Å²) in [6, 6.07) is 13.2. The molecule has 0 saturated heterocycles. The van der Waals surface area contributed by atoms with Gasteiger partial charge in [0.1, 0.15) is 11.3 Å². The number of imidazole rings is 1. The van der Waals surface area contributed by atoms with Crippen molar-refractivity contribution in [1.82, 2.24) is 24.1 Å². The first-order chi connectivity index (χ1) is 17.0. The summed E-state index contributed by atoms with van der Waals surface area (Å²) in [5.74, 6) is 2.08. The molecule has 0 fully saturated rings. The fourth-order valence-electron chi connectivity index (χ4n) is 3.92. The van der Waals surface area contributed by atoms with Gasteiger partial charge in [-0.05, 0) is 48.6 Å². The van der Waals surface area contributed by atoms with Crippen molar-refractivity contribution in [3.05, 3.63) is 79.7 Å². The molecule has 8 nitrogen and oxygen atoms in total. The summed E-state index contributed by atoms with van der Waals surface area (Å²) >= 11 is 9.15. The first kappa shape index (κ1) is 23.8. The number of aryl methyl sites for hydroxylation is 1. The highest BCUT2D eigenvalue weighted by atomic mass is 35.5. The second kappa shape index (κ2) is 9.96. The molecule has 3 aromatic heterocycles. The van der Waals surface area contributed by atoms with Crippen LogP contribution >= 0.6 is 35.1 Å². The molecule has 0 saturated carbocycles. The molecule has 1 N–H and O–H groups in total. The summed E-state index contributed by atoms with van der Waals surface area (Å²) in [6.45, 7) is 4.84. The second-order valence-corrected chi connectivity index (χ2v) is 10.4. The van der Waals surface area contributed by atoms with Crippen molar-refractivity contribution in [2.45, 2.75) is 42.8 Å². The van der Waals surface area contributed by atoms with Crippen molar-refractivity contribution in [3.63, 3.8) is 0 Å². The van der Waals surface area contributed by atoms with Crippen molar-refractivity contribution in [1.29, 1.82) is 0 Å². The van der Waals surface area contributed by atoms with Crippen LogP contribution in [0.3, 0.4) is 0 Å². The highest BCUT2D eigenvalue weighted by Crippen LogP contribution is 2.29. The Bertz CT molecular complexity index is 1640. The first-order valence-electron chi connectivity index (χ1n) is 11.1. The largest absolute Gasteiger partial charge is 0.431 e. The first-order valence-corrected chi connectivity index (χ1v) is 13.4. The molecule has 11 heteroatoms. The molecule has 3 heterocycles. The van der Waals surface area contributed by atoms with Gasteiger partial charge in [-0.25, -0.2) is 14.8 Å². The molecule has 5 rings (SSSR count). The molecule has 0 aliphatic heterocycles. The topological polar surface area (TPSA) is 98.7 Å². The van der Waals surface area contributed by atoms with Gasteiger partial charge in [0.2, 0.25) is 0 Å². The summed E-state index contributed by atoms with van der Waals surface area (Å²) in [5.41, 5.74) is 2.18. The summed E-state index contributed by atoms with van der Waals surface area (Å²) in [4.78, 5) is 38.3. The van der Waals surface area contributed by atoms with Gasteiger partial charge in [-0.3, -0.25) is 14.3 Å². The maximum atomic E-state index is 12.7.